The van der Waals surface area contributed by atoms with E-state index < -0.39 is 33.2 Å². The van der Waals surface area contributed by atoms with Crippen LogP contribution in [-0.4, -0.2) is 33.7 Å². The number of nitrogens with zero attached hydrogens (tertiary/aromatic N) is 2. The molecule has 2 atom stereocenters. The molecule has 2 aliphatic rings. The van der Waals surface area contributed by atoms with Crippen LogP contribution >= 0.6 is 0 Å². The molecule has 1 saturated carbocycles. The number of ether oxygens (including phenoxy) is 1. The minimum atomic E-state index is -1.30. The molecule has 2 N–H and O–H groups in total. The monoisotopic (exact) mass is 361 g/mol. The van der Waals surface area contributed by atoms with E-state index in [1.807, 2.05) is 13.8 Å². The van der Waals surface area contributed by atoms with Gasteiger partial charge in [0.15, 0.2) is 5.60 Å². The maximum Gasteiger partial charge on any atom is 0.313 e. The summed E-state index contributed by atoms with van der Waals surface area (Å²) in [6, 6.07) is 3.46. The maximum atomic E-state index is 12.7. The van der Waals surface area contributed by atoms with Crippen molar-refractivity contribution in [2.75, 3.05) is 0 Å². The quantitative estimate of drug-likeness (QED) is 0.364. The summed E-state index contributed by atoms with van der Waals surface area (Å²) in [5.74, 6) is -1.17. The Bertz CT molecular complexity index is 849. The summed E-state index contributed by atoms with van der Waals surface area (Å²) in [5.41, 5.74) is -0.542. The molecule has 2 bridgehead atoms. The third kappa shape index (κ3) is 2.19. The number of hydrogen-bond donors (Lipinski definition) is 2. The zero-order valence-electron chi connectivity index (χ0n) is 14.6. The smallest absolute Gasteiger partial charge is 0.313 e. The van der Waals surface area contributed by atoms with Crippen LogP contribution in [0.25, 0.3) is 0 Å². The molecule has 26 heavy (non-hydrogen) atoms. The summed E-state index contributed by atoms with van der Waals surface area (Å²) < 4.78 is 5.44. The number of phenolic OH excluding ortho intramolecular Hbond substituents is 1. The van der Waals surface area contributed by atoms with Crippen LogP contribution in [0.5, 0.6) is 5.75 Å². The fourth-order valence-corrected chi connectivity index (χ4v) is 3.76. The molecule has 138 valence electrons. The van der Waals surface area contributed by atoms with Crippen molar-refractivity contribution in [1.29, 1.82) is 0 Å². The topological polar surface area (TPSA) is 131 Å². The average molecular weight is 361 g/mol. The first-order valence-electron chi connectivity index (χ1n) is 8.09. The summed E-state index contributed by atoms with van der Waals surface area (Å²) in [6.45, 7) is 5.43. The van der Waals surface area contributed by atoms with Crippen molar-refractivity contribution in [2.24, 2.45) is 15.9 Å². The number of phenols is 1. The number of nitrogens with one attached hydrogen (secondary N) is 1. The second-order valence-electron chi connectivity index (χ2n) is 7.37. The van der Waals surface area contributed by atoms with Gasteiger partial charge in [0, 0.05) is 23.1 Å². The second kappa shape index (κ2) is 5.52. The molecule has 1 aliphatic heterocycles. The molecular weight excluding hydrogens is 342 g/mol. The maximum absolute atomic E-state index is 12.7. The highest BCUT2D eigenvalue weighted by Crippen LogP contribution is 2.65. The predicted molar refractivity (Wildman–Crippen MR) is 90.4 cm³/mol. The summed E-state index contributed by atoms with van der Waals surface area (Å²) in [5, 5.41) is 24.3. The molecule has 1 aromatic carbocycles. The summed E-state index contributed by atoms with van der Waals surface area (Å²) >= 11 is 0. The van der Waals surface area contributed by atoms with Gasteiger partial charge in [-0.3, -0.25) is 19.7 Å². The number of nitro benzene ring substituents is 1. The standard InChI is InChI=1S/C17H19N3O6/c1-15(2)16(3)6-7-17(15,26-14(16)23)13(22)19-18-9-10-8-11(20(24)25)4-5-12(10)21/h4-5,8-9,21H,6-7H2,1-3H3,(H,19,22). The Balaban J connectivity index is 1.80. The van der Waals surface area contributed by atoms with Crippen LogP contribution in [0.15, 0.2) is 23.3 Å². The van der Waals surface area contributed by atoms with Gasteiger partial charge >= 0.3 is 5.97 Å². The number of fused-ring (bicyclic) bond motifs is 2. The number of nitro groups is 1. The molecule has 1 saturated heterocycles. The van der Waals surface area contributed by atoms with Crippen LogP contribution in [-0.2, 0) is 14.3 Å². The van der Waals surface area contributed by atoms with Gasteiger partial charge in [-0.1, -0.05) is 13.8 Å². The molecule has 1 amide bonds. The first kappa shape index (κ1) is 17.8. The lowest BCUT2D eigenvalue weighted by molar-refractivity contribution is -0.384. The third-order valence-corrected chi connectivity index (χ3v) is 6.04. The number of carbonyl (C=O) groups excluding carboxylic acids is 2. The van der Waals surface area contributed by atoms with Gasteiger partial charge in [-0.2, -0.15) is 5.10 Å². The van der Waals surface area contributed by atoms with E-state index in [0.717, 1.165) is 18.3 Å². The number of carbonyl (C=O) groups is 2. The third-order valence-electron chi connectivity index (χ3n) is 6.04. The normalized spacial score (nSPS) is 29.0. The van der Waals surface area contributed by atoms with Crippen LogP contribution in [0.3, 0.4) is 0 Å². The molecule has 0 spiro atoms. The van der Waals surface area contributed by atoms with E-state index >= 15 is 0 Å². The Morgan fingerprint density at radius 2 is 2.08 bits per heavy atom. The fraction of sp³-hybridized carbons (Fsp3) is 0.471. The molecule has 0 aromatic heterocycles. The number of hydrazone groups is 1. The first-order chi connectivity index (χ1) is 12.0. The molecule has 1 aliphatic carbocycles. The Hall–Kier alpha value is -2.97. The van der Waals surface area contributed by atoms with Crippen molar-refractivity contribution in [2.45, 2.75) is 39.2 Å². The van der Waals surface area contributed by atoms with Crippen molar-refractivity contribution >= 4 is 23.8 Å². The number of esters is 1. The zero-order valence-corrected chi connectivity index (χ0v) is 14.6. The highest BCUT2D eigenvalue weighted by atomic mass is 16.6. The van der Waals surface area contributed by atoms with E-state index in [1.165, 1.54) is 6.07 Å². The van der Waals surface area contributed by atoms with Crippen LogP contribution in [0.1, 0.15) is 39.2 Å². The highest BCUT2D eigenvalue weighted by Gasteiger charge is 2.75. The van der Waals surface area contributed by atoms with Crippen molar-refractivity contribution in [3.05, 3.63) is 33.9 Å². The molecule has 2 unspecified atom stereocenters. The van der Waals surface area contributed by atoms with Gasteiger partial charge in [0.1, 0.15) is 5.75 Å². The number of aromatic hydroxyl groups is 1. The highest BCUT2D eigenvalue weighted by molar-refractivity contribution is 5.96. The van der Waals surface area contributed by atoms with Crippen LogP contribution in [0.2, 0.25) is 0 Å². The lowest BCUT2D eigenvalue weighted by Gasteiger charge is -2.34. The lowest BCUT2D eigenvalue weighted by Crippen LogP contribution is -2.52. The second-order valence-corrected chi connectivity index (χ2v) is 7.37. The minimum Gasteiger partial charge on any atom is -0.507 e. The van der Waals surface area contributed by atoms with Gasteiger partial charge in [-0.25, -0.2) is 5.43 Å². The molecule has 1 heterocycles. The summed E-state index contributed by atoms with van der Waals surface area (Å²) in [6.07, 6.45) is 2.04. The number of benzene rings is 1. The van der Waals surface area contributed by atoms with Crippen molar-refractivity contribution in [1.82, 2.24) is 5.43 Å². The Labute approximate surface area is 149 Å². The molecule has 2 fully saturated rings. The van der Waals surface area contributed by atoms with E-state index in [4.69, 9.17) is 4.74 Å². The molecule has 9 heteroatoms. The zero-order chi connectivity index (χ0) is 19.3. The van der Waals surface area contributed by atoms with E-state index in [2.05, 4.69) is 10.5 Å². The average Bonchev–Trinajstić information content (AvgIpc) is 2.86. The number of rotatable bonds is 4. The molecule has 1 aromatic rings. The van der Waals surface area contributed by atoms with Crippen molar-refractivity contribution < 1.29 is 24.4 Å². The van der Waals surface area contributed by atoms with E-state index in [9.17, 15) is 24.8 Å². The number of non-ortho nitro benzene ring substituents is 1. The van der Waals surface area contributed by atoms with Gasteiger partial charge in [-0.05, 0) is 25.8 Å². The van der Waals surface area contributed by atoms with E-state index in [1.54, 1.807) is 6.92 Å². The van der Waals surface area contributed by atoms with Gasteiger partial charge in [-0.15, -0.1) is 0 Å². The Kier molecular flexibility index (Phi) is 3.78. The first-order valence-corrected chi connectivity index (χ1v) is 8.09. The Morgan fingerprint density at radius 3 is 2.62 bits per heavy atom. The van der Waals surface area contributed by atoms with Crippen molar-refractivity contribution in [3.8, 4) is 5.75 Å². The molecular formula is C17H19N3O6. The van der Waals surface area contributed by atoms with E-state index in [-0.39, 0.29) is 17.0 Å². The van der Waals surface area contributed by atoms with E-state index in [0.29, 0.717) is 12.8 Å². The van der Waals surface area contributed by atoms with Crippen LogP contribution in [0.4, 0.5) is 5.69 Å². The predicted octanol–water partition coefficient (Wildman–Crippen LogP) is 1.87. The largest absolute Gasteiger partial charge is 0.507 e. The van der Waals surface area contributed by atoms with Gasteiger partial charge < -0.3 is 9.84 Å². The van der Waals surface area contributed by atoms with Gasteiger partial charge in [0.05, 0.1) is 16.6 Å². The van der Waals surface area contributed by atoms with Crippen molar-refractivity contribution in [3.63, 3.8) is 0 Å². The summed E-state index contributed by atoms with van der Waals surface area (Å²) in [4.78, 5) is 35.1. The van der Waals surface area contributed by atoms with Crippen LogP contribution in [0, 0.1) is 20.9 Å². The molecule has 9 nitrogen and oxygen atoms in total. The number of amides is 1. The molecule has 3 rings (SSSR count). The van der Waals surface area contributed by atoms with Gasteiger partial charge in [0.25, 0.3) is 11.6 Å². The fourth-order valence-electron chi connectivity index (χ4n) is 3.76. The SMILES string of the molecule is CC12CCC(C(=O)NN=Cc3cc([N+](=O)[O-])ccc3O)(OC1=O)C2(C)C. The van der Waals surface area contributed by atoms with Crippen LogP contribution < -0.4 is 5.43 Å². The lowest BCUT2D eigenvalue weighted by atomic mass is 9.66. The Morgan fingerprint density at radius 1 is 1.38 bits per heavy atom. The number of hydrogen-bond acceptors (Lipinski definition) is 7. The van der Waals surface area contributed by atoms with Gasteiger partial charge in [0.2, 0.25) is 0 Å². The summed E-state index contributed by atoms with van der Waals surface area (Å²) in [7, 11) is 0. The minimum absolute atomic E-state index is 0.0796. The molecule has 0 radical (unpaired) electrons.